The molecule has 0 bridgehead atoms. The molecule has 0 N–H and O–H groups in total. The highest BCUT2D eigenvalue weighted by Crippen LogP contribution is 2.34. The molecule has 0 aliphatic rings. The number of rotatable bonds is 12. The van der Waals surface area contributed by atoms with Crippen molar-refractivity contribution in [1.82, 2.24) is 0 Å². The van der Waals surface area contributed by atoms with Crippen LogP contribution in [0.4, 0.5) is 0 Å². The zero-order valence-electron chi connectivity index (χ0n) is 13.8. The van der Waals surface area contributed by atoms with Crippen LogP contribution in [-0.2, 0) is 19.1 Å². The summed E-state index contributed by atoms with van der Waals surface area (Å²) in [5.74, 6) is -0.897. The van der Waals surface area contributed by atoms with E-state index in [1.54, 1.807) is 0 Å². The van der Waals surface area contributed by atoms with Gasteiger partial charge >= 0.3 is 11.9 Å². The van der Waals surface area contributed by atoms with Gasteiger partial charge in [-0.25, -0.2) is 0 Å². The number of ether oxygens (including phenoxy) is 2. The lowest BCUT2D eigenvalue weighted by Gasteiger charge is -2.29. The topological polar surface area (TPSA) is 52.6 Å². The minimum Gasteiger partial charge on any atom is -0.465 e. The van der Waals surface area contributed by atoms with E-state index in [1.165, 1.54) is 6.08 Å². The van der Waals surface area contributed by atoms with Gasteiger partial charge in [-0.15, -0.1) is 0 Å². The maximum atomic E-state index is 12.5. The molecule has 0 aromatic carbocycles. The maximum absolute atomic E-state index is 12.5. The Hall–Kier alpha value is -1.32. The number of esters is 2. The van der Waals surface area contributed by atoms with Crippen LogP contribution in [-0.4, -0.2) is 25.2 Å². The molecule has 0 aromatic rings. The molecular weight excluding hydrogens is 268 g/mol. The van der Waals surface area contributed by atoms with E-state index < -0.39 is 17.4 Å². The van der Waals surface area contributed by atoms with Crippen molar-refractivity contribution in [3.63, 3.8) is 0 Å². The van der Waals surface area contributed by atoms with Gasteiger partial charge in [-0.3, -0.25) is 9.59 Å². The second-order valence-corrected chi connectivity index (χ2v) is 5.31. The zero-order valence-corrected chi connectivity index (χ0v) is 13.8. The highest BCUT2D eigenvalue weighted by atomic mass is 16.6. The molecule has 0 heterocycles. The number of carbonyl (C=O) groups is 2. The SMILES string of the molecule is C=CCOC(=O)C(CCCC)(CCCC)C(=O)OCCC. The molecule has 4 nitrogen and oxygen atoms in total. The Labute approximate surface area is 128 Å². The second-order valence-electron chi connectivity index (χ2n) is 5.31. The molecule has 0 amide bonds. The average molecular weight is 298 g/mol. The molecule has 122 valence electrons. The van der Waals surface area contributed by atoms with E-state index in [4.69, 9.17) is 9.47 Å². The Morgan fingerprint density at radius 3 is 1.90 bits per heavy atom. The lowest BCUT2D eigenvalue weighted by atomic mass is 9.78. The Bertz CT molecular complexity index is 315. The third-order valence-corrected chi connectivity index (χ3v) is 3.47. The lowest BCUT2D eigenvalue weighted by Crippen LogP contribution is -2.42. The molecule has 0 saturated carbocycles. The number of hydrogen-bond donors (Lipinski definition) is 0. The molecular formula is C17H30O4. The van der Waals surface area contributed by atoms with Crippen molar-refractivity contribution in [2.24, 2.45) is 5.41 Å². The van der Waals surface area contributed by atoms with Gasteiger partial charge in [0.15, 0.2) is 5.41 Å². The maximum Gasteiger partial charge on any atom is 0.323 e. The van der Waals surface area contributed by atoms with Gasteiger partial charge in [0.1, 0.15) is 6.61 Å². The largest absolute Gasteiger partial charge is 0.465 e. The van der Waals surface area contributed by atoms with E-state index in [0.29, 0.717) is 19.4 Å². The van der Waals surface area contributed by atoms with Gasteiger partial charge in [0.25, 0.3) is 0 Å². The van der Waals surface area contributed by atoms with E-state index in [1.807, 2.05) is 20.8 Å². The zero-order chi connectivity index (χ0) is 16.1. The van der Waals surface area contributed by atoms with Gasteiger partial charge in [-0.1, -0.05) is 59.1 Å². The van der Waals surface area contributed by atoms with Crippen molar-refractivity contribution >= 4 is 11.9 Å². The predicted octanol–water partition coefficient (Wildman–Crippen LogP) is 4.04. The van der Waals surface area contributed by atoms with E-state index in [0.717, 1.165) is 32.1 Å². The van der Waals surface area contributed by atoms with Gasteiger partial charge in [-0.05, 0) is 19.3 Å². The normalized spacial score (nSPS) is 11.0. The van der Waals surface area contributed by atoms with Crippen LogP contribution >= 0.6 is 0 Å². The fourth-order valence-corrected chi connectivity index (χ4v) is 2.18. The fourth-order valence-electron chi connectivity index (χ4n) is 2.18. The molecule has 0 saturated heterocycles. The van der Waals surface area contributed by atoms with Crippen LogP contribution in [0.3, 0.4) is 0 Å². The first-order valence-corrected chi connectivity index (χ1v) is 8.04. The summed E-state index contributed by atoms with van der Waals surface area (Å²) < 4.78 is 10.5. The number of unbranched alkanes of at least 4 members (excludes halogenated alkanes) is 2. The first-order valence-electron chi connectivity index (χ1n) is 8.04. The summed E-state index contributed by atoms with van der Waals surface area (Å²) in [5.41, 5.74) is -1.15. The van der Waals surface area contributed by atoms with Crippen LogP contribution in [0.15, 0.2) is 12.7 Å². The number of carbonyl (C=O) groups excluding carboxylic acids is 2. The first kappa shape index (κ1) is 19.7. The Morgan fingerprint density at radius 2 is 1.48 bits per heavy atom. The Balaban J connectivity index is 5.21. The molecule has 0 aliphatic heterocycles. The van der Waals surface area contributed by atoms with E-state index >= 15 is 0 Å². The fraction of sp³-hybridized carbons (Fsp3) is 0.765. The van der Waals surface area contributed by atoms with Crippen LogP contribution < -0.4 is 0 Å². The highest BCUT2D eigenvalue weighted by Gasteiger charge is 2.47. The van der Waals surface area contributed by atoms with Crippen LogP contribution in [0.1, 0.15) is 65.7 Å². The molecule has 0 unspecified atom stereocenters. The van der Waals surface area contributed by atoms with Gasteiger partial charge in [0.05, 0.1) is 6.61 Å². The highest BCUT2D eigenvalue weighted by molar-refractivity contribution is 6.00. The van der Waals surface area contributed by atoms with E-state index in [2.05, 4.69) is 6.58 Å². The van der Waals surface area contributed by atoms with Crippen molar-refractivity contribution in [3.05, 3.63) is 12.7 Å². The van der Waals surface area contributed by atoms with Crippen LogP contribution in [0.2, 0.25) is 0 Å². The lowest BCUT2D eigenvalue weighted by molar-refractivity contribution is -0.173. The average Bonchev–Trinajstić information content (AvgIpc) is 2.50. The summed E-state index contributed by atoms with van der Waals surface area (Å²) >= 11 is 0. The molecule has 0 aliphatic carbocycles. The van der Waals surface area contributed by atoms with E-state index in [9.17, 15) is 9.59 Å². The van der Waals surface area contributed by atoms with Crippen LogP contribution in [0, 0.1) is 5.41 Å². The van der Waals surface area contributed by atoms with Crippen LogP contribution in [0.25, 0.3) is 0 Å². The Morgan fingerprint density at radius 1 is 0.952 bits per heavy atom. The van der Waals surface area contributed by atoms with Gasteiger partial charge in [-0.2, -0.15) is 0 Å². The van der Waals surface area contributed by atoms with Crippen molar-refractivity contribution in [1.29, 1.82) is 0 Å². The monoisotopic (exact) mass is 298 g/mol. The Kier molecular flexibility index (Phi) is 10.6. The minimum absolute atomic E-state index is 0.125. The molecule has 0 aromatic heterocycles. The number of hydrogen-bond acceptors (Lipinski definition) is 4. The summed E-state index contributed by atoms with van der Waals surface area (Å²) in [7, 11) is 0. The standard InChI is InChI=1S/C17H30O4/c1-5-9-11-17(12-10-6-2,15(18)20-13-7-3)16(19)21-14-8-4/h7H,3,5-6,8-14H2,1-2,4H3. The second kappa shape index (κ2) is 11.4. The quantitative estimate of drug-likeness (QED) is 0.310. The van der Waals surface area contributed by atoms with E-state index in [-0.39, 0.29) is 6.61 Å². The minimum atomic E-state index is -1.15. The van der Waals surface area contributed by atoms with Crippen molar-refractivity contribution in [2.45, 2.75) is 65.7 Å². The summed E-state index contributed by atoms with van der Waals surface area (Å²) in [6.45, 7) is 10.0. The van der Waals surface area contributed by atoms with Crippen molar-refractivity contribution in [3.8, 4) is 0 Å². The third-order valence-electron chi connectivity index (χ3n) is 3.47. The molecule has 21 heavy (non-hydrogen) atoms. The summed E-state index contributed by atoms with van der Waals surface area (Å²) in [4.78, 5) is 25.0. The summed E-state index contributed by atoms with van der Waals surface area (Å²) in [6.07, 6.45) is 6.67. The molecule has 0 rings (SSSR count). The third kappa shape index (κ3) is 6.32. The van der Waals surface area contributed by atoms with Crippen LogP contribution in [0.5, 0.6) is 0 Å². The van der Waals surface area contributed by atoms with Gasteiger partial charge in [0.2, 0.25) is 0 Å². The van der Waals surface area contributed by atoms with Crippen molar-refractivity contribution in [2.75, 3.05) is 13.2 Å². The molecule has 0 atom stereocenters. The smallest absolute Gasteiger partial charge is 0.323 e. The van der Waals surface area contributed by atoms with Gasteiger partial charge < -0.3 is 9.47 Å². The molecule has 0 fully saturated rings. The molecule has 4 heteroatoms. The van der Waals surface area contributed by atoms with Crippen molar-refractivity contribution < 1.29 is 19.1 Å². The predicted molar refractivity (Wildman–Crippen MR) is 83.9 cm³/mol. The summed E-state index contributed by atoms with van der Waals surface area (Å²) in [6, 6.07) is 0. The first-order chi connectivity index (χ1) is 10.1. The molecule has 0 spiro atoms. The van der Waals surface area contributed by atoms with Gasteiger partial charge in [0, 0.05) is 0 Å². The summed E-state index contributed by atoms with van der Waals surface area (Å²) in [5, 5.41) is 0. The molecule has 0 radical (unpaired) electrons.